The largest absolute Gasteiger partial charge is 0.489 e. The lowest BCUT2D eigenvalue weighted by atomic mass is 10.1. The first-order valence-electron chi connectivity index (χ1n) is 10.9. The predicted octanol–water partition coefficient (Wildman–Crippen LogP) is 6.91. The molecule has 33 heavy (non-hydrogen) atoms. The van der Waals surface area contributed by atoms with Crippen LogP contribution >= 0.6 is 11.3 Å². The third kappa shape index (κ3) is 6.40. The van der Waals surface area contributed by atoms with Crippen molar-refractivity contribution in [2.24, 2.45) is 0 Å². The first-order chi connectivity index (χ1) is 16.1. The zero-order valence-corrected chi connectivity index (χ0v) is 19.6. The second-order valence-electron chi connectivity index (χ2n) is 7.75. The van der Waals surface area contributed by atoms with Crippen LogP contribution in [0.1, 0.15) is 29.2 Å². The Morgan fingerprint density at radius 3 is 2.36 bits per heavy atom. The van der Waals surface area contributed by atoms with Crippen LogP contribution in [0.25, 0.3) is 17.3 Å². The SMILES string of the molecule is CCc1ccc(-c2csc(NC(=O)C=Cc3ccc(OCc4ccc(C)cc4)cc3)n2)cc1. The van der Waals surface area contributed by atoms with Gasteiger partial charge in [-0.05, 0) is 48.2 Å². The number of rotatable bonds is 8. The molecule has 0 radical (unpaired) electrons. The number of nitrogens with zero attached hydrogens (tertiary/aromatic N) is 1. The highest BCUT2D eigenvalue weighted by Gasteiger charge is 2.06. The highest BCUT2D eigenvalue weighted by atomic mass is 32.1. The molecule has 0 fully saturated rings. The summed E-state index contributed by atoms with van der Waals surface area (Å²) in [5.41, 5.74) is 6.48. The van der Waals surface area contributed by atoms with Crippen molar-refractivity contribution in [3.05, 3.63) is 107 Å². The molecule has 1 N–H and O–H groups in total. The first kappa shape index (κ1) is 22.5. The number of thiazole rings is 1. The van der Waals surface area contributed by atoms with Gasteiger partial charge in [0.2, 0.25) is 5.91 Å². The van der Waals surface area contributed by atoms with Crippen molar-refractivity contribution in [3.8, 4) is 17.0 Å². The van der Waals surface area contributed by atoms with Crippen molar-refractivity contribution >= 4 is 28.5 Å². The van der Waals surface area contributed by atoms with Crippen LogP contribution < -0.4 is 10.1 Å². The third-order valence-corrected chi connectivity index (χ3v) is 5.98. The van der Waals surface area contributed by atoms with E-state index in [-0.39, 0.29) is 5.91 Å². The molecule has 0 aliphatic heterocycles. The molecule has 1 amide bonds. The van der Waals surface area contributed by atoms with Gasteiger partial charge in [0, 0.05) is 17.0 Å². The molecule has 0 unspecified atom stereocenters. The molecule has 4 aromatic rings. The van der Waals surface area contributed by atoms with Crippen molar-refractivity contribution in [1.29, 1.82) is 0 Å². The van der Waals surface area contributed by atoms with Gasteiger partial charge in [0.15, 0.2) is 5.13 Å². The molecule has 0 aliphatic carbocycles. The molecular formula is C28H26N2O2S. The Bertz CT molecular complexity index is 1220. The number of hydrogen-bond donors (Lipinski definition) is 1. The number of anilines is 1. The van der Waals surface area contributed by atoms with Crippen molar-refractivity contribution < 1.29 is 9.53 Å². The molecule has 4 nitrogen and oxygen atoms in total. The topological polar surface area (TPSA) is 51.2 Å². The minimum absolute atomic E-state index is 0.211. The zero-order chi connectivity index (χ0) is 23.0. The van der Waals surface area contributed by atoms with Crippen LogP contribution in [0.4, 0.5) is 5.13 Å². The van der Waals surface area contributed by atoms with E-state index < -0.39 is 0 Å². The lowest BCUT2D eigenvalue weighted by Crippen LogP contribution is -2.07. The number of hydrogen-bond acceptors (Lipinski definition) is 4. The summed E-state index contributed by atoms with van der Waals surface area (Å²) >= 11 is 1.42. The Morgan fingerprint density at radius 2 is 1.67 bits per heavy atom. The molecule has 0 aliphatic rings. The lowest BCUT2D eigenvalue weighted by Gasteiger charge is -2.07. The minimum Gasteiger partial charge on any atom is -0.489 e. The number of amides is 1. The van der Waals surface area contributed by atoms with Crippen molar-refractivity contribution in [2.45, 2.75) is 26.9 Å². The fraction of sp³-hybridized carbons (Fsp3) is 0.143. The van der Waals surface area contributed by atoms with Crippen LogP contribution in [0.2, 0.25) is 0 Å². The molecule has 0 bridgehead atoms. The van der Waals surface area contributed by atoms with Gasteiger partial charge in [-0.3, -0.25) is 10.1 Å². The fourth-order valence-corrected chi connectivity index (χ4v) is 3.94. The number of carbonyl (C=O) groups is 1. The Labute approximate surface area is 198 Å². The Balaban J connectivity index is 1.29. The Kier molecular flexibility index (Phi) is 7.33. The number of aromatic nitrogens is 1. The van der Waals surface area contributed by atoms with E-state index in [1.165, 1.54) is 28.5 Å². The normalized spacial score (nSPS) is 11.0. The highest BCUT2D eigenvalue weighted by molar-refractivity contribution is 7.14. The van der Waals surface area contributed by atoms with E-state index >= 15 is 0 Å². The molecule has 0 spiro atoms. The van der Waals surface area contributed by atoms with Gasteiger partial charge < -0.3 is 4.74 Å². The standard InChI is InChI=1S/C28H26N2O2S/c1-3-21-8-13-24(14-9-21)26-19-33-28(29-26)30-27(31)17-12-22-10-15-25(16-11-22)32-18-23-6-4-20(2)5-7-23/h4-17,19H,3,18H2,1-2H3,(H,29,30,31). The fourth-order valence-electron chi connectivity index (χ4n) is 3.22. The van der Waals surface area contributed by atoms with Crippen molar-refractivity contribution in [2.75, 3.05) is 5.32 Å². The van der Waals surface area contributed by atoms with E-state index in [0.717, 1.165) is 34.6 Å². The average molecular weight is 455 g/mol. The van der Waals surface area contributed by atoms with Crippen molar-refractivity contribution in [1.82, 2.24) is 4.98 Å². The molecule has 0 saturated carbocycles. The summed E-state index contributed by atoms with van der Waals surface area (Å²) < 4.78 is 5.83. The smallest absolute Gasteiger partial charge is 0.250 e. The van der Waals surface area contributed by atoms with Crippen LogP contribution in [-0.4, -0.2) is 10.9 Å². The third-order valence-electron chi connectivity index (χ3n) is 5.23. The summed E-state index contributed by atoms with van der Waals surface area (Å²) in [5, 5.41) is 5.37. The molecule has 0 atom stereocenters. The second-order valence-corrected chi connectivity index (χ2v) is 8.61. The Morgan fingerprint density at radius 1 is 0.970 bits per heavy atom. The average Bonchev–Trinajstić information content (AvgIpc) is 3.31. The van der Waals surface area contributed by atoms with Gasteiger partial charge in [-0.2, -0.15) is 0 Å². The van der Waals surface area contributed by atoms with Crippen LogP contribution in [0.3, 0.4) is 0 Å². The molecule has 3 aromatic carbocycles. The summed E-state index contributed by atoms with van der Waals surface area (Å²) in [6.07, 6.45) is 4.30. The highest BCUT2D eigenvalue weighted by Crippen LogP contribution is 2.25. The van der Waals surface area contributed by atoms with Crippen LogP contribution in [0, 0.1) is 6.92 Å². The van der Waals surface area contributed by atoms with E-state index in [9.17, 15) is 4.79 Å². The summed E-state index contributed by atoms with van der Waals surface area (Å²) in [4.78, 5) is 16.8. The van der Waals surface area contributed by atoms with Crippen LogP contribution in [-0.2, 0) is 17.8 Å². The van der Waals surface area contributed by atoms with Crippen LogP contribution in [0.5, 0.6) is 5.75 Å². The van der Waals surface area contributed by atoms with E-state index in [0.29, 0.717) is 11.7 Å². The monoisotopic (exact) mass is 454 g/mol. The van der Waals surface area contributed by atoms with E-state index in [4.69, 9.17) is 4.74 Å². The first-order valence-corrected chi connectivity index (χ1v) is 11.8. The van der Waals surface area contributed by atoms with Gasteiger partial charge in [0.1, 0.15) is 12.4 Å². The number of nitrogens with one attached hydrogen (secondary N) is 1. The maximum atomic E-state index is 12.3. The summed E-state index contributed by atoms with van der Waals surface area (Å²) in [6.45, 7) is 4.72. The molecule has 4 rings (SSSR count). The lowest BCUT2D eigenvalue weighted by molar-refractivity contribution is -0.111. The number of aryl methyl sites for hydroxylation is 2. The zero-order valence-electron chi connectivity index (χ0n) is 18.7. The van der Waals surface area contributed by atoms with Gasteiger partial charge in [-0.1, -0.05) is 73.2 Å². The maximum Gasteiger partial charge on any atom is 0.250 e. The number of ether oxygens (including phenoxy) is 1. The van der Waals surface area contributed by atoms with Gasteiger partial charge in [-0.25, -0.2) is 4.98 Å². The second kappa shape index (κ2) is 10.7. The summed E-state index contributed by atoms with van der Waals surface area (Å²) in [5.74, 6) is 0.580. The molecule has 0 saturated heterocycles. The van der Waals surface area contributed by atoms with E-state index in [1.807, 2.05) is 29.6 Å². The molecule has 1 heterocycles. The number of benzene rings is 3. The van der Waals surface area contributed by atoms with Gasteiger partial charge in [0.25, 0.3) is 0 Å². The van der Waals surface area contributed by atoms with Crippen molar-refractivity contribution in [3.63, 3.8) is 0 Å². The molecule has 166 valence electrons. The Hall–Kier alpha value is -3.70. The predicted molar refractivity (Wildman–Crippen MR) is 137 cm³/mol. The molecular weight excluding hydrogens is 428 g/mol. The summed E-state index contributed by atoms with van der Waals surface area (Å²) in [6, 6.07) is 24.3. The molecule has 5 heteroatoms. The minimum atomic E-state index is -0.211. The summed E-state index contributed by atoms with van der Waals surface area (Å²) in [7, 11) is 0. The molecule has 1 aromatic heterocycles. The van der Waals surface area contributed by atoms with E-state index in [1.54, 1.807) is 6.08 Å². The quantitative estimate of drug-likeness (QED) is 0.294. The van der Waals surface area contributed by atoms with Crippen LogP contribution in [0.15, 0.2) is 84.3 Å². The van der Waals surface area contributed by atoms with Gasteiger partial charge >= 0.3 is 0 Å². The van der Waals surface area contributed by atoms with Gasteiger partial charge in [-0.15, -0.1) is 11.3 Å². The number of carbonyl (C=O) groups excluding carboxylic acids is 1. The maximum absolute atomic E-state index is 12.3. The van der Waals surface area contributed by atoms with E-state index in [2.05, 4.69) is 72.7 Å². The van der Waals surface area contributed by atoms with Gasteiger partial charge in [0.05, 0.1) is 5.69 Å².